The lowest BCUT2D eigenvalue weighted by Gasteiger charge is -2.28. The number of carbonyl (C=O) groups is 2. The van der Waals surface area contributed by atoms with Crippen LogP contribution in [0.15, 0.2) is 0 Å². The van der Waals surface area contributed by atoms with E-state index in [1.165, 1.54) is 4.90 Å². The molecule has 0 aliphatic rings. The van der Waals surface area contributed by atoms with Gasteiger partial charge in [0.05, 0.1) is 5.54 Å². The standard InChI is InChI=1S/C11H23N3O2/c1-5-7-11(2,12)10(16)14(4)8-6-9(15)13-3/h5-8,12H2,1-4H3,(H,13,15). The minimum absolute atomic E-state index is 0.0751. The van der Waals surface area contributed by atoms with Gasteiger partial charge in [-0.25, -0.2) is 0 Å². The van der Waals surface area contributed by atoms with E-state index in [1.807, 2.05) is 6.92 Å². The molecule has 0 aromatic carbocycles. The van der Waals surface area contributed by atoms with Crippen molar-refractivity contribution in [1.29, 1.82) is 0 Å². The van der Waals surface area contributed by atoms with Crippen LogP contribution >= 0.6 is 0 Å². The zero-order valence-electron chi connectivity index (χ0n) is 10.7. The lowest BCUT2D eigenvalue weighted by atomic mass is 9.96. The molecule has 0 saturated heterocycles. The molecule has 94 valence electrons. The summed E-state index contributed by atoms with van der Waals surface area (Å²) in [5.41, 5.74) is 5.09. The smallest absolute Gasteiger partial charge is 0.242 e. The van der Waals surface area contributed by atoms with Crippen LogP contribution in [-0.4, -0.2) is 42.9 Å². The lowest BCUT2D eigenvalue weighted by Crippen LogP contribution is -2.52. The second-order valence-corrected chi connectivity index (χ2v) is 4.32. The molecule has 0 aliphatic heterocycles. The zero-order chi connectivity index (χ0) is 12.8. The predicted molar refractivity (Wildman–Crippen MR) is 63.8 cm³/mol. The SMILES string of the molecule is CCCC(C)(N)C(=O)N(C)CCC(=O)NC. The first-order chi connectivity index (χ1) is 7.35. The molecule has 0 spiro atoms. The Morgan fingerprint density at radius 1 is 1.44 bits per heavy atom. The highest BCUT2D eigenvalue weighted by Crippen LogP contribution is 2.11. The molecule has 1 unspecified atom stereocenters. The highest BCUT2D eigenvalue weighted by atomic mass is 16.2. The van der Waals surface area contributed by atoms with Crippen LogP contribution in [0.3, 0.4) is 0 Å². The third kappa shape index (κ3) is 4.61. The Labute approximate surface area is 97.4 Å². The van der Waals surface area contributed by atoms with E-state index < -0.39 is 5.54 Å². The predicted octanol–water partition coefficient (Wildman–Crippen LogP) is 0.0984. The molecule has 0 radical (unpaired) electrons. The topological polar surface area (TPSA) is 75.4 Å². The molecule has 2 amide bonds. The molecule has 0 aliphatic carbocycles. The van der Waals surface area contributed by atoms with Gasteiger partial charge in [0.25, 0.3) is 0 Å². The first-order valence-electron chi connectivity index (χ1n) is 5.60. The van der Waals surface area contributed by atoms with Gasteiger partial charge in [-0.15, -0.1) is 0 Å². The van der Waals surface area contributed by atoms with Crippen molar-refractivity contribution in [3.05, 3.63) is 0 Å². The van der Waals surface area contributed by atoms with Gasteiger partial charge in [-0.1, -0.05) is 13.3 Å². The van der Waals surface area contributed by atoms with Crippen molar-refractivity contribution in [3.8, 4) is 0 Å². The van der Waals surface area contributed by atoms with Gasteiger partial charge in [0.1, 0.15) is 0 Å². The van der Waals surface area contributed by atoms with Gasteiger partial charge in [-0.3, -0.25) is 9.59 Å². The summed E-state index contributed by atoms with van der Waals surface area (Å²) >= 11 is 0. The van der Waals surface area contributed by atoms with E-state index >= 15 is 0 Å². The Balaban J connectivity index is 4.22. The monoisotopic (exact) mass is 229 g/mol. The van der Waals surface area contributed by atoms with Gasteiger partial charge >= 0.3 is 0 Å². The quantitative estimate of drug-likeness (QED) is 0.678. The van der Waals surface area contributed by atoms with Crippen molar-refractivity contribution in [2.75, 3.05) is 20.6 Å². The van der Waals surface area contributed by atoms with Crippen LogP contribution in [0.5, 0.6) is 0 Å². The molecule has 1 atom stereocenters. The van der Waals surface area contributed by atoms with Crippen LogP contribution in [0, 0.1) is 0 Å². The van der Waals surface area contributed by atoms with Crippen LogP contribution in [-0.2, 0) is 9.59 Å². The van der Waals surface area contributed by atoms with Gasteiger partial charge in [0.2, 0.25) is 11.8 Å². The number of hydrogen-bond acceptors (Lipinski definition) is 3. The van der Waals surface area contributed by atoms with Crippen molar-refractivity contribution >= 4 is 11.8 Å². The lowest BCUT2D eigenvalue weighted by molar-refractivity contribution is -0.135. The number of hydrogen-bond donors (Lipinski definition) is 2. The van der Waals surface area contributed by atoms with Gasteiger partial charge in [0, 0.05) is 27.1 Å². The van der Waals surface area contributed by atoms with Crippen LogP contribution in [0.4, 0.5) is 0 Å². The maximum Gasteiger partial charge on any atom is 0.242 e. The Hall–Kier alpha value is -1.10. The van der Waals surface area contributed by atoms with Crippen LogP contribution in [0.25, 0.3) is 0 Å². The molecule has 0 aromatic rings. The normalized spacial score (nSPS) is 14.1. The van der Waals surface area contributed by atoms with E-state index in [2.05, 4.69) is 5.32 Å². The number of amides is 2. The third-order valence-electron chi connectivity index (χ3n) is 2.56. The van der Waals surface area contributed by atoms with E-state index in [-0.39, 0.29) is 11.8 Å². The fourth-order valence-electron chi connectivity index (χ4n) is 1.56. The van der Waals surface area contributed by atoms with Crippen molar-refractivity contribution in [2.24, 2.45) is 5.73 Å². The maximum atomic E-state index is 11.9. The summed E-state index contributed by atoms with van der Waals surface area (Å²) in [5.74, 6) is -0.188. The molecule has 0 saturated carbocycles. The number of nitrogens with zero attached hydrogens (tertiary/aromatic N) is 1. The molecule has 0 rings (SSSR count). The first kappa shape index (κ1) is 14.9. The Morgan fingerprint density at radius 3 is 2.44 bits per heavy atom. The van der Waals surface area contributed by atoms with Crippen LogP contribution in [0.1, 0.15) is 33.1 Å². The van der Waals surface area contributed by atoms with Gasteiger partial charge in [-0.2, -0.15) is 0 Å². The fourth-order valence-corrected chi connectivity index (χ4v) is 1.56. The minimum Gasteiger partial charge on any atom is -0.359 e. The summed E-state index contributed by atoms with van der Waals surface area (Å²) in [5, 5.41) is 2.52. The largest absolute Gasteiger partial charge is 0.359 e. The van der Waals surface area contributed by atoms with E-state index in [0.717, 1.165) is 6.42 Å². The highest BCUT2D eigenvalue weighted by molar-refractivity contribution is 5.86. The molecular formula is C11H23N3O2. The summed E-state index contributed by atoms with van der Waals surface area (Å²) < 4.78 is 0. The second kappa shape index (κ2) is 6.48. The van der Waals surface area contributed by atoms with E-state index in [1.54, 1.807) is 21.0 Å². The first-order valence-corrected chi connectivity index (χ1v) is 5.60. The van der Waals surface area contributed by atoms with Gasteiger partial charge < -0.3 is 16.0 Å². The van der Waals surface area contributed by atoms with E-state index in [4.69, 9.17) is 5.73 Å². The molecule has 3 N–H and O–H groups in total. The summed E-state index contributed by atoms with van der Waals surface area (Å²) in [6, 6.07) is 0. The zero-order valence-corrected chi connectivity index (χ0v) is 10.7. The van der Waals surface area contributed by atoms with Crippen LogP contribution in [0.2, 0.25) is 0 Å². The van der Waals surface area contributed by atoms with Gasteiger partial charge in [-0.05, 0) is 13.3 Å². The highest BCUT2D eigenvalue weighted by Gasteiger charge is 2.29. The number of likely N-dealkylation sites (N-methyl/N-ethyl adjacent to an activating group) is 1. The fraction of sp³-hybridized carbons (Fsp3) is 0.818. The molecule has 0 aromatic heterocycles. The van der Waals surface area contributed by atoms with Crippen molar-refractivity contribution in [1.82, 2.24) is 10.2 Å². The van der Waals surface area contributed by atoms with Crippen LogP contribution < -0.4 is 11.1 Å². The maximum absolute atomic E-state index is 11.9. The summed E-state index contributed by atoms with van der Waals surface area (Å²) in [6.45, 7) is 4.12. The number of nitrogens with one attached hydrogen (secondary N) is 1. The summed E-state index contributed by atoms with van der Waals surface area (Å²) in [7, 11) is 3.25. The van der Waals surface area contributed by atoms with Crippen molar-refractivity contribution in [2.45, 2.75) is 38.6 Å². The Bertz CT molecular complexity index is 252. The van der Waals surface area contributed by atoms with Gasteiger partial charge in [0.15, 0.2) is 0 Å². The molecule has 16 heavy (non-hydrogen) atoms. The second-order valence-electron chi connectivity index (χ2n) is 4.32. The minimum atomic E-state index is -0.827. The number of carbonyl (C=O) groups excluding carboxylic acids is 2. The Kier molecular flexibility index (Phi) is 6.03. The molecule has 0 fully saturated rings. The molecule has 5 heteroatoms. The summed E-state index contributed by atoms with van der Waals surface area (Å²) in [4.78, 5) is 24.5. The van der Waals surface area contributed by atoms with E-state index in [9.17, 15) is 9.59 Å². The number of nitrogens with two attached hydrogens (primary N) is 1. The van der Waals surface area contributed by atoms with Crippen molar-refractivity contribution in [3.63, 3.8) is 0 Å². The third-order valence-corrected chi connectivity index (χ3v) is 2.56. The molecule has 5 nitrogen and oxygen atoms in total. The Morgan fingerprint density at radius 2 is 2.00 bits per heavy atom. The summed E-state index contributed by atoms with van der Waals surface area (Å²) in [6.07, 6.45) is 1.82. The molecule has 0 bridgehead atoms. The average molecular weight is 229 g/mol. The van der Waals surface area contributed by atoms with E-state index in [0.29, 0.717) is 19.4 Å². The van der Waals surface area contributed by atoms with Crippen molar-refractivity contribution < 1.29 is 9.59 Å². The number of rotatable bonds is 6. The molecular weight excluding hydrogens is 206 g/mol. The molecule has 0 heterocycles. The average Bonchev–Trinajstić information content (AvgIpc) is 2.24.